The largest absolute Gasteiger partial charge is 0.352 e. The fourth-order valence-corrected chi connectivity index (χ4v) is 2.87. The van der Waals surface area contributed by atoms with Crippen LogP contribution >= 0.6 is 24.0 Å². The van der Waals surface area contributed by atoms with Crippen LogP contribution < -0.4 is 10.6 Å². The van der Waals surface area contributed by atoms with Crippen molar-refractivity contribution >= 4 is 29.9 Å². The molecule has 0 amide bonds. The Labute approximate surface area is 160 Å². The summed E-state index contributed by atoms with van der Waals surface area (Å²) in [6.07, 6.45) is 3.46. The third-order valence-corrected chi connectivity index (χ3v) is 4.28. The lowest BCUT2D eigenvalue weighted by molar-refractivity contribution is 0.504. The Kier molecular flexibility index (Phi) is 7.01. The molecule has 0 aliphatic carbocycles. The zero-order valence-electron chi connectivity index (χ0n) is 14.2. The summed E-state index contributed by atoms with van der Waals surface area (Å²) in [5.41, 5.74) is 2.55. The van der Waals surface area contributed by atoms with Crippen LogP contribution in [0.1, 0.15) is 35.6 Å². The van der Waals surface area contributed by atoms with Gasteiger partial charge in [-0.3, -0.25) is 4.99 Å². The Hall–Kier alpha value is -1.64. The van der Waals surface area contributed by atoms with Gasteiger partial charge in [-0.2, -0.15) is 0 Å². The summed E-state index contributed by atoms with van der Waals surface area (Å²) < 4.78 is 2.23. The molecule has 0 radical (unpaired) electrons. The van der Waals surface area contributed by atoms with Crippen molar-refractivity contribution in [1.29, 1.82) is 0 Å². The van der Waals surface area contributed by atoms with Crippen LogP contribution in [0, 0.1) is 6.92 Å². The van der Waals surface area contributed by atoms with Crippen LogP contribution in [0.25, 0.3) is 0 Å². The molecule has 6 nitrogen and oxygen atoms in total. The first-order valence-electron chi connectivity index (χ1n) is 8.18. The van der Waals surface area contributed by atoms with Crippen molar-refractivity contribution in [2.24, 2.45) is 4.99 Å². The monoisotopic (exact) mass is 440 g/mol. The second-order valence-corrected chi connectivity index (χ2v) is 5.85. The predicted octanol–water partition coefficient (Wildman–Crippen LogP) is 2.41. The molecule has 0 saturated heterocycles. The highest BCUT2D eigenvalue weighted by molar-refractivity contribution is 14.0. The Balaban J connectivity index is 0.00000208. The Bertz CT molecular complexity index is 694. The maximum atomic E-state index is 4.30. The van der Waals surface area contributed by atoms with Crippen LogP contribution in [0.4, 0.5) is 0 Å². The SMILES string of the molecule is CN=C(NCc1ccccc1C)NCc1nnc2n1CCCC2.I. The van der Waals surface area contributed by atoms with Gasteiger partial charge in [0.05, 0.1) is 6.54 Å². The molecule has 0 unspecified atom stereocenters. The second-order valence-electron chi connectivity index (χ2n) is 5.85. The minimum atomic E-state index is 0. The van der Waals surface area contributed by atoms with Gasteiger partial charge in [0.1, 0.15) is 5.82 Å². The van der Waals surface area contributed by atoms with Gasteiger partial charge in [0, 0.05) is 26.6 Å². The van der Waals surface area contributed by atoms with E-state index >= 15 is 0 Å². The van der Waals surface area contributed by atoms with Crippen molar-refractivity contribution in [3.63, 3.8) is 0 Å². The minimum Gasteiger partial charge on any atom is -0.352 e. The molecule has 0 saturated carbocycles. The van der Waals surface area contributed by atoms with E-state index in [9.17, 15) is 0 Å². The van der Waals surface area contributed by atoms with Gasteiger partial charge in [0.15, 0.2) is 11.8 Å². The first-order valence-corrected chi connectivity index (χ1v) is 8.18. The van der Waals surface area contributed by atoms with Crippen molar-refractivity contribution in [1.82, 2.24) is 25.4 Å². The third kappa shape index (κ3) is 4.46. The fraction of sp³-hybridized carbons (Fsp3) is 0.471. The lowest BCUT2D eigenvalue weighted by Gasteiger charge is -2.16. The number of hydrogen-bond acceptors (Lipinski definition) is 3. The highest BCUT2D eigenvalue weighted by Crippen LogP contribution is 2.13. The zero-order valence-corrected chi connectivity index (χ0v) is 16.6. The quantitative estimate of drug-likeness (QED) is 0.436. The number of fused-ring (bicyclic) bond motifs is 1. The molecule has 2 aromatic rings. The molecule has 1 aromatic heterocycles. The first kappa shape index (κ1) is 18.7. The first-order chi connectivity index (χ1) is 11.3. The van der Waals surface area contributed by atoms with Crippen LogP contribution in [-0.4, -0.2) is 27.8 Å². The number of guanidine groups is 1. The van der Waals surface area contributed by atoms with Gasteiger partial charge >= 0.3 is 0 Å². The Morgan fingerprint density at radius 1 is 1.17 bits per heavy atom. The summed E-state index contributed by atoms with van der Waals surface area (Å²) in [6, 6.07) is 8.36. The molecule has 0 spiro atoms. The molecule has 0 atom stereocenters. The van der Waals surface area contributed by atoms with Crippen molar-refractivity contribution in [3.05, 3.63) is 47.0 Å². The normalized spacial score (nSPS) is 13.8. The molecular weight excluding hydrogens is 415 g/mol. The predicted molar refractivity (Wildman–Crippen MR) is 107 cm³/mol. The lowest BCUT2D eigenvalue weighted by Crippen LogP contribution is -2.37. The Morgan fingerprint density at radius 3 is 2.75 bits per heavy atom. The maximum absolute atomic E-state index is 4.30. The number of aliphatic imine (C=N–C) groups is 1. The minimum absolute atomic E-state index is 0. The topological polar surface area (TPSA) is 67.1 Å². The molecule has 7 heteroatoms. The zero-order chi connectivity index (χ0) is 16.1. The summed E-state index contributed by atoms with van der Waals surface area (Å²) in [7, 11) is 1.78. The number of hydrogen-bond donors (Lipinski definition) is 2. The van der Waals surface area contributed by atoms with E-state index in [4.69, 9.17) is 0 Å². The Morgan fingerprint density at radius 2 is 1.96 bits per heavy atom. The number of aryl methyl sites for hydroxylation is 2. The van der Waals surface area contributed by atoms with Crippen molar-refractivity contribution in [2.45, 2.75) is 45.8 Å². The molecule has 0 bridgehead atoms. The number of aromatic nitrogens is 3. The molecular formula is C17H25IN6. The highest BCUT2D eigenvalue weighted by atomic mass is 127. The van der Waals surface area contributed by atoms with Crippen molar-refractivity contribution < 1.29 is 0 Å². The summed E-state index contributed by atoms with van der Waals surface area (Å²) in [5.74, 6) is 2.87. The standard InChI is InChI=1S/C17H24N6.HI/c1-13-7-3-4-8-14(13)11-19-17(18-2)20-12-16-22-21-15-9-5-6-10-23(15)16;/h3-4,7-8H,5-6,9-12H2,1-2H3,(H2,18,19,20);1H. The van der Waals surface area contributed by atoms with Gasteiger partial charge in [-0.15, -0.1) is 34.2 Å². The lowest BCUT2D eigenvalue weighted by atomic mass is 10.1. The van der Waals surface area contributed by atoms with Crippen molar-refractivity contribution in [2.75, 3.05) is 7.05 Å². The number of benzene rings is 1. The van der Waals surface area contributed by atoms with Crippen LogP contribution in [0.3, 0.4) is 0 Å². The average molecular weight is 440 g/mol. The van der Waals surface area contributed by atoms with Crippen molar-refractivity contribution in [3.8, 4) is 0 Å². The molecule has 24 heavy (non-hydrogen) atoms. The molecule has 0 fully saturated rings. The maximum Gasteiger partial charge on any atom is 0.191 e. The molecule has 1 aliphatic rings. The van der Waals surface area contributed by atoms with E-state index in [2.05, 4.69) is 61.6 Å². The van der Waals surface area contributed by atoms with Crippen LogP contribution in [-0.2, 0) is 26.1 Å². The third-order valence-electron chi connectivity index (χ3n) is 4.28. The fourth-order valence-electron chi connectivity index (χ4n) is 2.87. The molecule has 3 rings (SSSR count). The van der Waals surface area contributed by atoms with Gasteiger partial charge < -0.3 is 15.2 Å². The van der Waals surface area contributed by atoms with Gasteiger partial charge in [-0.05, 0) is 30.9 Å². The number of rotatable bonds is 4. The van der Waals surface area contributed by atoms with Gasteiger partial charge in [0.2, 0.25) is 0 Å². The number of nitrogens with one attached hydrogen (secondary N) is 2. The molecule has 2 heterocycles. The van der Waals surface area contributed by atoms with E-state index in [1.54, 1.807) is 7.05 Å². The van der Waals surface area contributed by atoms with E-state index in [1.165, 1.54) is 24.0 Å². The molecule has 1 aromatic carbocycles. The average Bonchev–Trinajstić information content (AvgIpc) is 3.00. The van der Waals surface area contributed by atoms with Gasteiger partial charge in [-0.1, -0.05) is 24.3 Å². The van der Waals surface area contributed by atoms with E-state index in [0.29, 0.717) is 6.54 Å². The van der Waals surface area contributed by atoms with Crippen LogP contribution in [0.15, 0.2) is 29.3 Å². The summed E-state index contributed by atoms with van der Waals surface area (Å²) in [5, 5.41) is 15.3. The van der Waals surface area contributed by atoms with E-state index in [1.807, 2.05) is 0 Å². The summed E-state index contributed by atoms with van der Waals surface area (Å²) in [6.45, 7) is 4.54. The van der Waals surface area contributed by atoms with E-state index < -0.39 is 0 Å². The van der Waals surface area contributed by atoms with Gasteiger partial charge in [-0.25, -0.2) is 0 Å². The molecule has 1 aliphatic heterocycles. The highest BCUT2D eigenvalue weighted by Gasteiger charge is 2.15. The molecule has 130 valence electrons. The van der Waals surface area contributed by atoms with E-state index in [0.717, 1.165) is 37.1 Å². The van der Waals surface area contributed by atoms with Crippen LogP contribution in [0.5, 0.6) is 0 Å². The summed E-state index contributed by atoms with van der Waals surface area (Å²) in [4.78, 5) is 4.28. The van der Waals surface area contributed by atoms with Gasteiger partial charge in [0.25, 0.3) is 0 Å². The van der Waals surface area contributed by atoms with E-state index in [-0.39, 0.29) is 24.0 Å². The number of halogens is 1. The van der Waals surface area contributed by atoms with Crippen LogP contribution in [0.2, 0.25) is 0 Å². The smallest absolute Gasteiger partial charge is 0.191 e. The second kappa shape index (κ2) is 9.00. The molecule has 2 N–H and O–H groups in total. The number of nitrogens with zero attached hydrogens (tertiary/aromatic N) is 4. The summed E-state index contributed by atoms with van der Waals surface area (Å²) >= 11 is 0.